The maximum Gasteiger partial charge on any atom is 0.244 e. The monoisotopic (exact) mass is 364 g/mol. The van der Waals surface area contributed by atoms with Gasteiger partial charge in [0.05, 0.1) is 23.8 Å². The number of benzene rings is 1. The summed E-state index contributed by atoms with van der Waals surface area (Å²) in [5.74, 6) is 1.01. The number of nitriles is 1. The molecule has 0 bridgehead atoms. The summed E-state index contributed by atoms with van der Waals surface area (Å²) in [5.41, 5.74) is 8.93. The molecule has 130 valence electrons. The molecule has 1 aliphatic rings. The summed E-state index contributed by atoms with van der Waals surface area (Å²) < 4.78 is 11.1. The van der Waals surface area contributed by atoms with Gasteiger partial charge in [0.2, 0.25) is 11.8 Å². The molecule has 3 N–H and O–H groups in total. The largest absolute Gasteiger partial charge is 0.494 e. The molecular formula is C19H16N4O2S. The molecule has 1 aliphatic heterocycles. The van der Waals surface area contributed by atoms with Crippen molar-refractivity contribution >= 4 is 11.3 Å². The quantitative estimate of drug-likeness (QED) is 0.735. The summed E-state index contributed by atoms with van der Waals surface area (Å²) >= 11 is 1.57. The van der Waals surface area contributed by atoms with Crippen LogP contribution in [0.3, 0.4) is 0 Å². The molecule has 0 saturated carbocycles. The first-order valence-corrected chi connectivity index (χ1v) is 9.03. The van der Waals surface area contributed by atoms with Crippen molar-refractivity contribution in [2.75, 3.05) is 6.61 Å². The summed E-state index contributed by atoms with van der Waals surface area (Å²) in [5, 5.41) is 18.9. The number of aromatic amines is 1. The maximum absolute atomic E-state index is 9.64. The van der Waals surface area contributed by atoms with Crippen LogP contribution in [-0.2, 0) is 0 Å². The highest BCUT2D eigenvalue weighted by atomic mass is 32.1. The van der Waals surface area contributed by atoms with Crippen LogP contribution in [0.5, 0.6) is 11.6 Å². The van der Waals surface area contributed by atoms with Crippen molar-refractivity contribution in [1.82, 2.24) is 10.2 Å². The number of nitrogens with one attached hydrogen (secondary N) is 1. The molecule has 0 spiro atoms. The van der Waals surface area contributed by atoms with E-state index in [4.69, 9.17) is 15.2 Å². The lowest BCUT2D eigenvalue weighted by molar-refractivity contribution is 0.340. The molecule has 1 atom stereocenters. The Kier molecular flexibility index (Phi) is 4.11. The number of nitrogens with zero attached hydrogens (tertiary/aromatic N) is 2. The Bertz CT molecular complexity index is 997. The van der Waals surface area contributed by atoms with E-state index in [0.717, 1.165) is 27.4 Å². The summed E-state index contributed by atoms with van der Waals surface area (Å²) in [6, 6.07) is 13.9. The predicted molar refractivity (Wildman–Crippen MR) is 98.8 cm³/mol. The molecule has 1 aromatic carbocycles. The fourth-order valence-corrected chi connectivity index (χ4v) is 3.93. The first-order chi connectivity index (χ1) is 12.7. The van der Waals surface area contributed by atoms with E-state index < -0.39 is 0 Å². The van der Waals surface area contributed by atoms with Gasteiger partial charge >= 0.3 is 0 Å². The third kappa shape index (κ3) is 2.61. The van der Waals surface area contributed by atoms with Gasteiger partial charge in [0, 0.05) is 10.4 Å². The molecule has 3 aromatic rings. The number of ether oxygens (including phenoxy) is 2. The lowest BCUT2D eigenvalue weighted by Crippen LogP contribution is -2.20. The smallest absolute Gasteiger partial charge is 0.244 e. The van der Waals surface area contributed by atoms with Gasteiger partial charge in [-0.1, -0.05) is 6.07 Å². The van der Waals surface area contributed by atoms with Crippen LogP contribution in [0, 0.1) is 11.3 Å². The second-order valence-corrected chi connectivity index (χ2v) is 6.69. The van der Waals surface area contributed by atoms with E-state index in [-0.39, 0.29) is 11.8 Å². The van der Waals surface area contributed by atoms with Crippen LogP contribution < -0.4 is 15.2 Å². The normalized spacial score (nSPS) is 15.9. The van der Waals surface area contributed by atoms with Gasteiger partial charge in [-0.15, -0.1) is 16.4 Å². The first-order valence-electron chi connectivity index (χ1n) is 8.15. The average Bonchev–Trinajstić information content (AvgIpc) is 3.31. The Morgan fingerprint density at radius 1 is 1.35 bits per heavy atom. The van der Waals surface area contributed by atoms with Crippen LogP contribution in [0.1, 0.15) is 23.3 Å². The van der Waals surface area contributed by atoms with E-state index in [1.807, 2.05) is 48.7 Å². The Morgan fingerprint density at radius 2 is 2.15 bits per heavy atom. The van der Waals surface area contributed by atoms with Crippen LogP contribution in [0.15, 0.2) is 53.2 Å². The molecule has 0 amide bonds. The van der Waals surface area contributed by atoms with Crippen LogP contribution in [0.25, 0.3) is 11.3 Å². The lowest BCUT2D eigenvalue weighted by atomic mass is 9.87. The fraction of sp³-hybridized carbons (Fsp3) is 0.158. The van der Waals surface area contributed by atoms with Crippen molar-refractivity contribution in [3.05, 3.63) is 63.7 Å². The van der Waals surface area contributed by atoms with Gasteiger partial charge in [-0.3, -0.25) is 5.10 Å². The molecule has 2 aromatic heterocycles. The second-order valence-electron chi connectivity index (χ2n) is 5.72. The third-order valence-electron chi connectivity index (χ3n) is 4.22. The van der Waals surface area contributed by atoms with Gasteiger partial charge in [0.15, 0.2) is 0 Å². The van der Waals surface area contributed by atoms with Crippen molar-refractivity contribution in [1.29, 1.82) is 5.26 Å². The number of nitrogens with two attached hydrogens (primary N) is 1. The van der Waals surface area contributed by atoms with Gasteiger partial charge in [-0.25, -0.2) is 0 Å². The Hall–Kier alpha value is -3.24. The molecule has 26 heavy (non-hydrogen) atoms. The molecule has 0 aliphatic carbocycles. The molecule has 0 radical (unpaired) electrons. The summed E-state index contributed by atoms with van der Waals surface area (Å²) in [6.07, 6.45) is 0. The molecule has 0 unspecified atom stereocenters. The summed E-state index contributed by atoms with van der Waals surface area (Å²) in [7, 11) is 0. The number of aromatic nitrogens is 2. The topological polar surface area (TPSA) is 97.0 Å². The van der Waals surface area contributed by atoms with Crippen LogP contribution in [-0.4, -0.2) is 16.8 Å². The van der Waals surface area contributed by atoms with Crippen LogP contribution in [0.2, 0.25) is 0 Å². The average molecular weight is 364 g/mol. The zero-order valence-corrected chi connectivity index (χ0v) is 14.8. The van der Waals surface area contributed by atoms with Crippen molar-refractivity contribution in [3.8, 4) is 29.0 Å². The Morgan fingerprint density at radius 3 is 2.81 bits per heavy atom. The zero-order valence-electron chi connectivity index (χ0n) is 14.0. The number of allylic oxidation sites excluding steroid dienone is 1. The minimum absolute atomic E-state index is 0.100. The highest BCUT2D eigenvalue weighted by Gasteiger charge is 2.36. The SMILES string of the molecule is CCOc1ccc(-c2[nH]nc3c2[C@@H](c2cccs2)C(C#N)=C(N)O3)cc1. The van der Waals surface area contributed by atoms with E-state index in [2.05, 4.69) is 16.3 Å². The highest BCUT2D eigenvalue weighted by Crippen LogP contribution is 2.46. The van der Waals surface area contributed by atoms with E-state index in [1.165, 1.54) is 0 Å². The predicted octanol–water partition coefficient (Wildman–Crippen LogP) is 3.76. The van der Waals surface area contributed by atoms with Crippen molar-refractivity contribution in [3.63, 3.8) is 0 Å². The molecule has 0 saturated heterocycles. The minimum Gasteiger partial charge on any atom is -0.494 e. The molecule has 3 heterocycles. The van der Waals surface area contributed by atoms with Gasteiger partial charge in [0.1, 0.15) is 17.4 Å². The minimum atomic E-state index is -0.302. The first kappa shape index (κ1) is 16.2. The summed E-state index contributed by atoms with van der Waals surface area (Å²) in [6.45, 7) is 2.56. The van der Waals surface area contributed by atoms with Crippen molar-refractivity contribution in [2.24, 2.45) is 5.73 Å². The van der Waals surface area contributed by atoms with Crippen LogP contribution in [0.4, 0.5) is 0 Å². The number of hydrogen-bond donors (Lipinski definition) is 2. The van der Waals surface area contributed by atoms with Crippen molar-refractivity contribution in [2.45, 2.75) is 12.8 Å². The van der Waals surface area contributed by atoms with Gasteiger partial charge < -0.3 is 15.2 Å². The molecule has 4 rings (SSSR count). The third-order valence-corrected chi connectivity index (χ3v) is 5.16. The van der Waals surface area contributed by atoms with Gasteiger partial charge in [-0.2, -0.15) is 5.26 Å². The number of hydrogen-bond acceptors (Lipinski definition) is 6. The maximum atomic E-state index is 9.64. The lowest BCUT2D eigenvalue weighted by Gasteiger charge is -2.22. The summed E-state index contributed by atoms with van der Waals surface area (Å²) in [4.78, 5) is 1.02. The molecular weight excluding hydrogens is 348 g/mol. The number of H-pyrrole nitrogens is 1. The number of thiophene rings is 1. The van der Waals surface area contributed by atoms with Crippen LogP contribution >= 0.6 is 11.3 Å². The van der Waals surface area contributed by atoms with E-state index >= 15 is 0 Å². The molecule has 7 heteroatoms. The van der Waals surface area contributed by atoms with E-state index in [1.54, 1.807) is 11.3 Å². The molecule has 0 fully saturated rings. The number of fused-ring (bicyclic) bond motifs is 1. The van der Waals surface area contributed by atoms with Gasteiger partial charge in [0.25, 0.3) is 0 Å². The Balaban J connectivity index is 1.84. The van der Waals surface area contributed by atoms with E-state index in [0.29, 0.717) is 18.1 Å². The van der Waals surface area contributed by atoms with Crippen molar-refractivity contribution < 1.29 is 9.47 Å². The molecule has 6 nitrogen and oxygen atoms in total. The number of rotatable bonds is 4. The Labute approximate surface area is 154 Å². The standard InChI is InChI=1S/C19H16N4O2S/c1-2-24-12-7-5-11(6-8-12)17-16-15(14-4-3-9-26-14)13(10-20)18(21)25-19(16)23-22-17/h3-9,15H,2,21H2,1H3,(H,22,23)/t15-/m1/s1. The van der Waals surface area contributed by atoms with Gasteiger partial charge in [-0.05, 0) is 42.6 Å². The fourth-order valence-electron chi connectivity index (χ4n) is 3.09. The highest BCUT2D eigenvalue weighted by molar-refractivity contribution is 7.10. The second kappa shape index (κ2) is 6.58. The van der Waals surface area contributed by atoms with E-state index in [9.17, 15) is 5.26 Å². The zero-order chi connectivity index (χ0) is 18.1.